The third kappa shape index (κ3) is 3.04. The summed E-state index contributed by atoms with van der Waals surface area (Å²) < 4.78 is 0. The van der Waals surface area contributed by atoms with Gasteiger partial charge in [-0.15, -0.1) is 0 Å². The Labute approximate surface area is 105 Å². The van der Waals surface area contributed by atoms with E-state index in [-0.39, 0.29) is 5.91 Å². The van der Waals surface area contributed by atoms with Crippen LogP contribution in [0.3, 0.4) is 0 Å². The van der Waals surface area contributed by atoms with Gasteiger partial charge in [-0.3, -0.25) is 10.2 Å². The van der Waals surface area contributed by atoms with Crippen molar-refractivity contribution in [3.8, 4) is 0 Å². The van der Waals surface area contributed by atoms with Gasteiger partial charge >= 0.3 is 0 Å². The molecular weight excluding hydrogens is 238 g/mol. The SMILES string of the molecule is NNC(=O)CCCC[C@@H]1SC[C@H]2NC(N)=N[C@H]12. The van der Waals surface area contributed by atoms with Crippen molar-refractivity contribution in [3.05, 3.63) is 0 Å². The number of fused-ring (bicyclic) bond motifs is 1. The van der Waals surface area contributed by atoms with E-state index in [9.17, 15) is 4.79 Å². The highest BCUT2D eigenvalue weighted by atomic mass is 32.2. The van der Waals surface area contributed by atoms with Crippen LogP contribution in [0.4, 0.5) is 0 Å². The number of nitrogens with two attached hydrogens (primary N) is 2. The third-order valence-corrected chi connectivity index (χ3v) is 4.70. The van der Waals surface area contributed by atoms with Gasteiger partial charge in [0.05, 0.1) is 12.1 Å². The molecule has 0 spiro atoms. The molecule has 2 heterocycles. The van der Waals surface area contributed by atoms with Gasteiger partial charge in [-0.05, 0) is 12.8 Å². The molecule has 1 fully saturated rings. The summed E-state index contributed by atoms with van der Waals surface area (Å²) in [5, 5.41) is 3.73. The van der Waals surface area contributed by atoms with Gasteiger partial charge in [-0.25, -0.2) is 10.8 Å². The zero-order chi connectivity index (χ0) is 12.3. The van der Waals surface area contributed by atoms with Crippen molar-refractivity contribution in [1.82, 2.24) is 10.7 Å². The molecule has 2 aliphatic rings. The first-order valence-corrected chi connectivity index (χ1v) is 6.96. The molecule has 0 aromatic carbocycles. The second kappa shape index (κ2) is 5.59. The molecule has 2 rings (SSSR count). The molecule has 0 saturated carbocycles. The monoisotopic (exact) mass is 257 g/mol. The van der Waals surface area contributed by atoms with Crippen LogP contribution in [0.5, 0.6) is 0 Å². The largest absolute Gasteiger partial charge is 0.370 e. The molecule has 0 aliphatic carbocycles. The van der Waals surface area contributed by atoms with E-state index in [0.29, 0.717) is 29.7 Å². The van der Waals surface area contributed by atoms with Crippen molar-refractivity contribution in [2.75, 3.05) is 5.75 Å². The van der Waals surface area contributed by atoms with Crippen LogP contribution in [0.15, 0.2) is 4.99 Å². The van der Waals surface area contributed by atoms with E-state index in [2.05, 4.69) is 15.7 Å². The second-order valence-corrected chi connectivity index (χ2v) is 5.71. The smallest absolute Gasteiger partial charge is 0.233 e. The Kier molecular flexibility index (Phi) is 4.11. The van der Waals surface area contributed by atoms with Crippen LogP contribution in [0, 0.1) is 0 Å². The van der Waals surface area contributed by atoms with Gasteiger partial charge in [0.2, 0.25) is 5.91 Å². The molecule has 0 bridgehead atoms. The van der Waals surface area contributed by atoms with Crippen LogP contribution >= 0.6 is 11.8 Å². The van der Waals surface area contributed by atoms with Crippen molar-refractivity contribution in [2.45, 2.75) is 43.0 Å². The molecule has 7 heteroatoms. The number of hydrogen-bond donors (Lipinski definition) is 4. The average Bonchev–Trinajstić information content (AvgIpc) is 2.84. The van der Waals surface area contributed by atoms with Gasteiger partial charge in [-0.2, -0.15) is 11.8 Å². The fraction of sp³-hybridized carbons (Fsp3) is 0.800. The highest BCUT2D eigenvalue weighted by Crippen LogP contribution is 2.35. The lowest BCUT2D eigenvalue weighted by Gasteiger charge is -2.14. The van der Waals surface area contributed by atoms with E-state index in [1.165, 1.54) is 0 Å². The maximum absolute atomic E-state index is 10.9. The zero-order valence-corrected chi connectivity index (χ0v) is 10.5. The Hall–Kier alpha value is -0.950. The molecule has 0 aromatic rings. The van der Waals surface area contributed by atoms with E-state index in [4.69, 9.17) is 11.6 Å². The predicted octanol–water partition coefficient (Wildman–Crippen LogP) is -0.693. The number of thioether (sulfide) groups is 1. The summed E-state index contributed by atoms with van der Waals surface area (Å²) in [6.45, 7) is 0. The summed E-state index contributed by atoms with van der Waals surface area (Å²) in [7, 11) is 0. The molecule has 0 aromatic heterocycles. The number of guanidine groups is 1. The van der Waals surface area contributed by atoms with E-state index < -0.39 is 0 Å². The number of nitrogens with zero attached hydrogens (tertiary/aromatic N) is 1. The van der Waals surface area contributed by atoms with Crippen LogP contribution in [-0.4, -0.2) is 35.0 Å². The molecule has 1 amide bonds. The molecule has 1 saturated heterocycles. The molecule has 17 heavy (non-hydrogen) atoms. The topological polar surface area (TPSA) is 106 Å². The number of carbonyl (C=O) groups is 1. The number of carbonyl (C=O) groups excluding carboxylic acids is 1. The number of nitrogens with one attached hydrogen (secondary N) is 2. The molecule has 6 N–H and O–H groups in total. The number of hydrazine groups is 1. The first-order valence-electron chi connectivity index (χ1n) is 5.91. The first-order chi connectivity index (χ1) is 8.20. The molecule has 2 aliphatic heterocycles. The second-order valence-electron chi connectivity index (χ2n) is 4.44. The first kappa shape index (κ1) is 12.5. The van der Waals surface area contributed by atoms with Gasteiger partial charge in [0.15, 0.2) is 5.96 Å². The average molecular weight is 257 g/mol. The van der Waals surface area contributed by atoms with Crippen molar-refractivity contribution >= 4 is 23.6 Å². The standard InChI is InChI=1S/C10H19N5OS/c11-10-13-6-5-17-7(9(6)14-10)3-1-2-4-8(16)15-12/h6-7,9H,1-5,12H2,(H,15,16)(H3,11,13,14)/t6-,7+,9+/m1/s1. The van der Waals surface area contributed by atoms with Crippen LogP contribution < -0.4 is 22.3 Å². The van der Waals surface area contributed by atoms with Crippen molar-refractivity contribution in [1.29, 1.82) is 0 Å². The Morgan fingerprint density at radius 2 is 2.41 bits per heavy atom. The summed E-state index contributed by atoms with van der Waals surface area (Å²) in [5.41, 5.74) is 7.81. The van der Waals surface area contributed by atoms with Crippen molar-refractivity contribution in [3.63, 3.8) is 0 Å². The van der Waals surface area contributed by atoms with Gasteiger partial charge in [0.25, 0.3) is 0 Å². The Bertz CT molecular complexity index is 322. The van der Waals surface area contributed by atoms with Crippen LogP contribution in [0.2, 0.25) is 0 Å². The number of aliphatic imine (C=N–C) groups is 1. The van der Waals surface area contributed by atoms with Gasteiger partial charge in [0.1, 0.15) is 0 Å². The summed E-state index contributed by atoms with van der Waals surface area (Å²) in [6, 6.07) is 0.737. The molecule has 6 nitrogen and oxygen atoms in total. The van der Waals surface area contributed by atoms with Crippen molar-refractivity contribution < 1.29 is 4.79 Å². The minimum Gasteiger partial charge on any atom is -0.370 e. The van der Waals surface area contributed by atoms with E-state index in [0.717, 1.165) is 25.0 Å². The van der Waals surface area contributed by atoms with E-state index in [1.807, 2.05) is 11.8 Å². The van der Waals surface area contributed by atoms with E-state index in [1.54, 1.807) is 0 Å². The quantitative estimate of drug-likeness (QED) is 0.226. The minimum atomic E-state index is -0.0910. The summed E-state index contributed by atoms with van der Waals surface area (Å²) in [6.07, 6.45) is 3.50. The maximum Gasteiger partial charge on any atom is 0.233 e. The number of amides is 1. The minimum absolute atomic E-state index is 0.0910. The van der Waals surface area contributed by atoms with Gasteiger partial charge in [0, 0.05) is 17.4 Å². The molecular formula is C10H19N5OS. The number of rotatable bonds is 5. The van der Waals surface area contributed by atoms with Crippen LogP contribution in [-0.2, 0) is 4.79 Å². The lowest BCUT2D eigenvalue weighted by atomic mass is 10.0. The lowest BCUT2D eigenvalue weighted by molar-refractivity contribution is -0.121. The number of unbranched alkanes of at least 4 members (excludes halogenated alkanes) is 1. The Balaban J connectivity index is 1.68. The third-order valence-electron chi connectivity index (χ3n) is 3.21. The van der Waals surface area contributed by atoms with E-state index >= 15 is 0 Å². The molecule has 96 valence electrons. The Morgan fingerprint density at radius 3 is 3.18 bits per heavy atom. The normalized spacial score (nSPS) is 30.6. The maximum atomic E-state index is 10.9. The highest BCUT2D eigenvalue weighted by molar-refractivity contribution is 8.00. The fourth-order valence-electron chi connectivity index (χ4n) is 2.33. The highest BCUT2D eigenvalue weighted by Gasteiger charge is 2.39. The fourth-order valence-corrected chi connectivity index (χ4v) is 3.84. The molecule has 0 radical (unpaired) electrons. The zero-order valence-electron chi connectivity index (χ0n) is 9.69. The van der Waals surface area contributed by atoms with Gasteiger partial charge < -0.3 is 11.1 Å². The number of hydrogen-bond acceptors (Lipinski definition) is 6. The summed E-state index contributed by atoms with van der Waals surface area (Å²) in [5.74, 6) is 6.58. The van der Waals surface area contributed by atoms with Gasteiger partial charge in [-0.1, -0.05) is 6.42 Å². The van der Waals surface area contributed by atoms with Crippen LogP contribution in [0.1, 0.15) is 25.7 Å². The van der Waals surface area contributed by atoms with Crippen molar-refractivity contribution in [2.24, 2.45) is 16.6 Å². The Morgan fingerprint density at radius 1 is 1.59 bits per heavy atom. The molecule has 0 unspecified atom stereocenters. The summed E-state index contributed by atoms with van der Waals surface area (Å²) in [4.78, 5) is 15.4. The van der Waals surface area contributed by atoms with Crippen LogP contribution in [0.25, 0.3) is 0 Å². The lowest BCUT2D eigenvalue weighted by Crippen LogP contribution is -2.38. The predicted molar refractivity (Wildman–Crippen MR) is 69.4 cm³/mol. The summed E-state index contributed by atoms with van der Waals surface area (Å²) >= 11 is 1.95. The molecule has 3 atom stereocenters.